The Balaban J connectivity index is 1.97. The van der Waals surface area contributed by atoms with Gasteiger partial charge < -0.3 is 14.3 Å². The third-order valence-corrected chi connectivity index (χ3v) is 9.63. The summed E-state index contributed by atoms with van der Waals surface area (Å²) < 4.78 is 12.1. The van der Waals surface area contributed by atoms with Gasteiger partial charge in [-0.3, -0.25) is 0 Å². The summed E-state index contributed by atoms with van der Waals surface area (Å²) >= 11 is 0. The fourth-order valence-electron chi connectivity index (χ4n) is 2.74. The molecule has 106 valence electrons. The van der Waals surface area contributed by atoms with E-state index in [1.54, 1.807) is 0 Å². The normalized spacial score (nSPS) is 37.7. The Labute approximate surface area is 112 Å². The van der Waals surface area contributed by atoms with Crippen molar-refractivity contribution in [1.29, 1.82) is 0 Å². The average Bonchev–Trinajstić information content (AvgIpc) is 2.57. The first-order chi connectivity index (χ1) is 8.14. The van der Waals surface area contributed by atoms with E-state index in [0.29, 0.717) is 6.61 Å². The maximum Gasteiger partial charge on any atom is 0.192 e. The molecule has 1 saturated heterocycles. The topological polar surface area (TPSA) is 38.7 Å². The molecular formula is C14H28O3Si. The Kier molecular flexibility index (Phi) is 3.69. The van der Waals surface area contributed by atoms with Gasteiger partial charge in [-0.1, -0.05) is 20.8 Å². The Morgan fingerprint density at radius 2 is 1.94 bits per heavy atom. The predicted molar refractivity (Wildman–Crippen MR) is 75.2 cm³/mol. The van der Waals surface area contributed by atoms with Crippen LogP contribution in [0.15, 0.2) is 0 Å². The summed E-state index contributed by atoms with van der Waals surface area (Å²) in [6, 6.07) is 0. The molecule has 0 radical (unpaired) electrons. The third kappa shape index (κ3) is 2.67. The van der Waals surface area contributed by atoms with Gasteiger partial charge in [-0.2, -0.15) is 0 Å². The van der Waals surface area contributed by atoms with E-state index in [1.807, 2.05) is 0 Å². The van der Waals surface area contributed by atoms with Crippen LogP contribution in [-0.2, 0) is 9.16 Å². The van der Waals surface area contributed by atoms with Gasteiger partial charge >= 0.3 is 0 Å². The molecule has 3 nitrogen and oxygen atoms in total. The number of aliphatic hydroxyl groups is 1. The highest BCUT2D eigenvalue weighted by molar-refractivity contribution is 6.74. The van der Waals surface area contributed by atoms with Crippen LogP contribution >= 0.6 is 0 Å². The smallest absolute Gasteiger partial charge is 0.192 e. The van der Waals surface area contributed by atoms with Crippen LogP contribution in [0.4, 0.5) is 0 Å². The summed E-state index contributed by atoms with van der Waals surface area (Å²) in [6.45, 7) is 12.1. The molecule has 0 amide bonds. The summed E-state index contributed by atoms with van der Waals surface area (Å²) in [6.07, 6.45) is 3.74. The monoisotopic (exact) mass is 272 g/mol. The summed E-state index contributed by atoms with van der Waals surface area (Å²) in [7, 11) is -1.70. The van der Waals surface area contributed by atoms with Gasteiger partial charge in [0.05, 0.1) is 11.7 Å². The molecule has 3 atom stereocenters. The first-order valence-corrected chi connectivity index (χ1v) is 10.1. The van der Waals surface area contributed by atoms with Crippen LogP contribution in [0.2, 0.25) is 18.1 Å². The van der Waals surface area contributed by atoms with E-state index in [1.165, 1.54) is 0 Å². The quantitative estimate of drug-likeness (QED) is 0.785. The molecule has 1 heterocycles. The van der Waals surface area contributed by atoms with Crippen molar-refractivity contribution in [1.82, 2.24) is 0 Å². The van der Waals surface area contributed by atoms with Crippen LogP contribution in [0.1, 0.15) is 46.5 Å². The lowest BCUT2D eigenvalue weighted by molar-refractivity contribution is -0.0909. The molecule has 2 aliphatic rings. The van der Waals surface area contributed by atoms with Crippen molar-refractivity contribution in [2.45, 2.75) is 82.4 Å². The second-order valence-corrected chi connectivity index (χ2v) is 12.2. The van der Waals surface area contributed by atoms with Crippen molar-refractivity contribution in [3.05, 3.63) is 0 Å². The van der Waals surface area contributed by atoms with Crippen LogP contribution in [0.5, 0.6) is 0 Å². The zero-order chi connectivity index (χ0) is 13.6. The van der Waals surface area contributed by atoms with Gasteiger partial charge in [0.1, 0.15) is 0 Å². The summed E-state index contributed by atoms with van der Waals surface area (Å²) in [5, 5.41) is 10.7. The number of ether oxygens (including phenoxy) is 1. The molecule has 1 saturated carbocycles. The van der Waals surface area contributed by atoms with E-state index in [0.717, 1.165) is 25.7 Å². The minimum atomic E-state index is -1.70. The highest BCUT2D eigenvalue weighted by Crippen LogP contribution is 2.43. The molecule has 1 aliphatic heterocycles. The SMILES string of the molecule is CC(C)(C)[Si](C)(C)O[C@@H]1CC[C@@]2(O)CCO[C@H]2C1. The molecule has 0 aromatic rings. The van der Waals surface area contributed by atoms with Crippen LogP contribution < -0.4 is 0 Å². The number of hydrogen-bond donors (Lipinski definition) is 1. The molecule has 4 heteroatoms. The molecule has 1 N–H and O–H groups in total. The van der Waals surface area contributed by atoms with E-state index in [9.17, 15) is 5.11 Å². The second kappa shape index (κ2) is 4.58. The molecule has 2 rings (SSSR count). The number of hydrogen-bond acceptors (Lipinski definition) is 3. The van der Waals surface area contributed by atoms with Gasteiger partial charge in [0.15, 0.2) is 8.32 Å². The number of fused-ring (bicyclic) bond motifs is 1. The summed E-state index contributed by atoms with van der Waals surface area (Å²) in [4.78, 5) is 0. The first kappa shape index (κ1) is 14.5. The maximum absolute atomic E-state index is 10.4. The lowest BCUT2D eigenvalue weighted by atomic mass is 9.80. The zero-order valence-corrected chi connectivity index (χ0v) is 13.5. The van der Waals surface area contributed by atoms with Crippen molar-refractivity contribution in [3.63, 3.8) is 0 Å². The Morgan fingerprint density at radius 3 is 2.56 bits per heavy atom. The van der Waals surface area contributed by atoms with Crippen LogP contribution in [0.3, 0.4) is 0 Å². The fraction of sp³-hybridized carbons (Fsp3) is 1.00. The van der Waals surface area contributed by atoms with Crippen LogP contribution in [0, 0.1) is 0 Å². The highest BCUT2D eigenvalue weighted by atomic mass is 28.4. The zero-order valence-electron chi connectivity index (χ0n) is 12.5. The van der Waals surface area contributed by atoms with Crippen molar-refractivity contribution < 1.29 is 14.3 Å². The van der Waals surface area contributed by atoms with Crippen molar-refractivity contribution in [2.75, 3.05) is 6.61 Å². The van der Waals surface area contributed by atoms with Gasteiger partial charge in [0.25, 0.3) is 0 Å². The van der Waals surface area contributed by atoms with Crippen molar-refractivity contribution >= 4 is 8.32 Å². The molecule has 0 aromatic carbocycles. The standard InChI is InChI=1S/C14H28O3Si/c1-13(2,3)18(4,5)17-11-6-7-14(15)8-9-16-12(14)10-11/h11-12,15H,6-10H2,1-5H3/t11-,12+,14-/m1/s1. The van der Waals surface area contributed by atoms with Crippen molar-refractivity contribution in [2.24, 2.45) is 0 Å². The molecule has 0 spiro atoms. The van der Waals surface area contributed by atoms with Crippen LogP contribution in [0.25, 0.3) is 0 Å². The Bertz CT molecular complexity index is 311. The summed E-state index contributed by atoms with van der Waals surface area (Å²) in [5.41, 5.74) is -0.562. The lowest BCUT2D eigenvalue weighted by Gasteiger charge is -2.43. The van der Waals surface area contributed by atoms with Gasteiger partial charge in [-0.25, -0.2) is 0 Å². The van der Waals surface area contributed by atoms with E-state index >= 15 is 0 Å². The van der Waals surface area contributed by atoms with E-state index in [4.69, 9.17) is 9.16 Å². The molecular weight excluding hydrogens is 244 g/mol. The molecule has 1 aliphatic carbocycles. The lowest BCUT2D eigenvalue weighted by Crippen LogP contribution is -2.50. The average molecular weight is 272 g/mol. The third-order valence-electron chi connectivity index (χ3n) is 5.10. The van der Waals surface area contributed by atoms with Gasteiger partial charge in [0.2, 0.25) is 0 Å². The molecule has 18 heavy (non-hydrogen) atoms. The molecule has 0 bridgehead atoms. The van der Waals surface area contributed by atoms with Gasteiger partial charge in [-0.15, -0.1) is 0 Å². The summed E-state index contributed by atoms with van der Waals surface area (Å²) in [5.74, 6) is 0. The minimum absolute atomic E-state index is 0.000943. The minimum Gasteiger partial charge on any atom is -0.414 e. The number of rotatable bonds is 2. The fourth-order valence-corrected chi connectivity index (χ4v) is 4.14. The molecule has 2 fully saturated rings. The van der Waals surface area contributed by atoms with E-state index in [-0.39, 0.29) is 17.2 Å². The molecule has 0 aromatic heterocycles. The second-order valence-electron chi connectivity index (χ2n) is 7.49. The largest absolute Gasteiger partial charge is 0.414 e. The predicted octanol–water partition coefficient (Wildman–Crippen LogP) is 3.08. The van der Waals surface area contributed by atoms with Crippen LogP contribution in [-0.4, -0.2) is 37.8 Å². The van der Waals surface area contributed by atoms with E-state index < -0.39 is 13.9 Å². The van der Waals surface area contributed by atoms with Gasteiger partial charge in [0, 0.05) is 25.6 Å². The first-order valence-electron chi connectivity index (χ1n) is 7.16. The Morgan fingerprint density at radius 1 is 1.28 bits per heavy atom. The maximum atomic E-state index is 10.4. The van der Waals surface area contributed by atoms with E-state index in [2.05, 4.69) is 33.9 Å². The van der Waals surface area contributed by atoms with Gasteiger partial charge in [-0.05, 0) is 31.0 Å². The molecule has 0 unspecified atom stereocenters. The van der Waals surface area contributed by atoms with Crippen molar-refractivity contribution in [3.8, 4) is 0 Å². The Hall–Kier alpha value is 0.0969. The highest BCUT2D eigenvalue weighted by Gasteiger charge is 2.48.